The van der Waals surface area contributed by atoms with Crippen molar-refractivity contribution in [1.29, 1.82) is 0 Å². The van der Waals surface area contributed by atoms with Gasteiger partial charge in [0.1, 0.15) is 5.52 Å². The van der Waals surface area contributed by atoms with Crippen LogP contribution in [0, 0.1) is 10.1 Å². The maximum Gasteiger partial charge on any atom is 1.00 e. The molecule has 23 heavy (non-hydrogen) atoms. The molecule has 4 rings (SSSR count). The number of carbonyl (C=O) groups excluding carboxylic acids is 1. The number of anilines is 1. The first kappa shape index (κ1) is 15.6. The molecule has 2 heterocycles. The predicted molar refractivity (Wildman–Crippen MR) is 76.5 cm³/mol. The van der Waals surface area contributed by atoms with E-state index in [0.717, 1.165) is 11.3 Å². The van der Waals surface area contributed by atoms with Crippen LogP contribution in [-0.2, 0) is 4.79 Å². The van der Waals surface area contributed by atoms with Gasteiger partial charge in [-0.25, -0.2) is 4.63 Å². The van der Waals surface area contributed by atoms with Crippen LogP contribution in [0.1, 0.15) is 18.5 Å². The monoisotopic (exact) mass is 320 g/mol. The van der Waals surface area contributed by atoms with E-state index in [-0.39, 0.29) is 53.6 Å². The van der Waals surface area contributed by atoms with Gasteiger partial charge in [-0.05, 0) is 28.0 Å². The van der Waals surface area contributed by atoms with Gasteiger partial charge in [0.25, 0.3) is 0 Å². The zero-order valence-corrected chi connectivity index (χ0v) is 14.0. The number of hydrogen-bond acceptors (Lipinski definition) is 6. The number of nitro benzene ring substituents is 1. The molecule has 110 valence electrons. The zero-order valence-electron chi connectivity index (χ0n) is 13.0. The van der Waals surface area contributed by atoms with Crippen molar-refractivity contribution in [3.63, 3.8) is 0 Å². The van der Waals surface area contributed by atoms with Gasteiger partial charge in [0.15, 0.2) is 0 Å². The molecule has 0 saturated heterocycles. The van der Waals surface area contributed by atoms with Gasteiger partial charge >= 0.3 is 35.2 Å². The molecule has 0 aliphatic carbocycles. The smallest absolute Gasteiger partial charge is 1.00 e. The standard InChI is InChI=1S/C14H8N4O4.Na.H/c19-14-11(7-3-1-2-4-9(7)15-14)8-5-6-10(18(20)21)13-12(8)16-22-17-13;;/h1-6,11H,(H,15,19);;/q;+1;-1. The fourth-order valence-electron chi connectivity index (χ4n) is 2.77. The fourth-order valence-corrected chi connectivity index (χ4v) is 2.77. The second-order valence-electron chi connectivity index (χ2n) is 4.90. The number of nitrogens with zero attached hydrogens (tertiary/aromatic N) is 3. The summed E-state index contributed by atoms with van der Waals surface area (Å²) in [7, 11) is 0. The van der Waals surface area contributed by atoms with Crippen LogP contribution >= 0.6 is 0 Å². The second kappa shape index (κ2) is 5.73. The summed E-state index contributed by atoms with van der Waals surface area (Å²) in [5, 5.41) is 21.2. The van der Waals surface area contributed by atoms with Crippen molar-refractivity contribution in [1.82, 2.24) is 10.3 Å². The van der Waals surface area contributed by atoms with Crippen LogP contribution < -0.4 is 34.9 Å². The average molecular weight is 320 g/mol. The molecule has 0 saturated carbocycles. The molecule has 1 aliphatic heterocycles. The minimum atomic E-state index is -0.591. The van der Waals surface area contributed by atoms with E-state index < -0.39 is 10.8 Å². The van der Waals surface area contributed by atoms with Gasteiger partial charge in [-0.2, -0.15) is 0 Å². The fraction of sp³-hybridized carbons (Fsp3) is 0.0714. The van der Waals surface area contributed by atoms with Crippen molar-refractivity contribution in [3.05, 3.63) is 57.6 Å². The Bertz CT molecular complexity index is 945. The average Bonchev–Trinajstić information content (AvgIpc) is 3.09. The van der Waals surface area contributed by atoms with Crippen molar-refractivity contribution in [2.24, 2.45) is 0 Å². The Morgan fingerprint density at radius 1 is 1.13 bits per heavy atom. The minimum Gasteiger partial charge on any atom is -1.00 e. The molecule has 1 amide bonds. The molecule has 1 aliphatic rings. The Balaban J connectivity index is 0.00000104. The van der Waals surface area contributed by atoms with E-state index >= 15 is 0 Å². The maximum atomic E-state index is 12.3. The maximum absolute atomic E-state index is 12.3. The summed E-state index contributed by atoms with van der Waals surface area (Å²) in [5.41, 5.74) is 2.12. The van der Waals surface area contributed by atoms with E-state index in [1.54, 1.807) is 6.07 Å². The molecular formula is C14H9N4NaO4. The van der Waals surface area contributed by atoms with Gasteiger partial charge in [0, 0.05) is 17.3 Å². The van der Waals surface area contributed by atoms with Crippen molar-refractivity contribution in [2.75, 3.05) is 5.32 Å². The topological polar surface area (TPSA) is 111 Å². The van der Waals surface area contributed by atoms with Crippen LogP contribution in [-0.4, -0.2) is 21.1 Å². The quantitative estimate of drug-likeness (QED) is 0.381. The Kier molecular flexibility index (Phi) is 3.88. The largest absolute Gasteiger partial charge is 1.00 e. The van der Waals surface area contributed by atoms with E-state index in [1.165, 1.54) is 12.1 Å². The number of rotatable bonds is 2. The van der Waals surface area contributed by atoms with Crippen LogP contribution in [0.2, 0.25) is 0 Å². The van der Waals surface area contributed by atoms with Gasteiger partial charge in [0.05, 0.1) is 10.8 Å². The Morgan fingerprint density at radius 3 is 2.65 bits per heavy atom. The van der Waals surface area contributed by atoms with Gasteiger partial charge in [-0.3, -0.25) is 14.9 Å². The van der Waals surface area contributed by atoms with Crippen LogP contribution in [0.25, 0.3) is 11.0 Å². The third-order valence-corrected chi connectivity index (χ3v) is 3.72. The molecular weight excluding hydrogens is 311 g/mol. The summed E-state index contributed by atoms with van der Waals surface area (Å²) in [6.45, 7) is 0. The normalized spacial score (nSPS) is 15.8. The van der Waals surface area contributed by atoms with E-state index in [9.17, 15) is 14.9 Å². The molecule has 9 heteroatoms. The van der Waals surface area contributed by atoms with Crippen molar-refractivity contribution < 1.29 is 45.3 Å². The Hall–Kier alpha value is -2.29. The molecule has 1 aromatic heterocycles. The Morgan fingerprint density at radius 2 is 1.87 bits per heavy atom. The summed E-state index contributed by atoms with van der Waals surface area (Å²) < 4.78 is 4.64. The molecule has 0 bridgehead atoms. The molecule has 3 aromatic rings. The summed E-state index contributed by atoms with van der Waals surface area (Å²) in [6, 6.07) is 10.1. The number of nitrogens with one attached hydrogen (secondary N) is 1. The third-order valence-electron chi connectivity index (χ3n) is 3.72. The van der Waals surface area contributed by atoms with E-state index in [2.05, 4.69) is 20.3 Å². The first-order chi connectivity index (χ1) is 10.7. The number of benzene rings is 2. The van der Waals surface area contributed by atoms with Crippen LogP contribution in [0.15, 0.2) is 41.0 Å². The first-order valence-electron chi connectivity index (χ1n) is 6.46. The number of nitro groups is 1. The van der Waals surface area contributed by atoms with Crippen molar-refractivity contribution >= 4 is 28.3 Å². The minimum absolute atomic E-state index is 0. The Labute approximate surface area is 152 Å². The summed E-state index contributed by atoms with van der Waals surface area (Å²) in [5.74, 6) is -0.800. The van der Waals surface area contributed by atoms with Crippen LogP contribution in [0.5, 0.6) is 0 Å². The number of hydrogen-bond donors (Lipinski definition) is 1. The molecule has 0 spiro atoms. The number of carbonyl (C=O) groups is 1. The number of non-ortho nitro benzene ring substituents is 1. The van der Waals surface area contributed by atoms with Gasteiger partial charge in [0.2, 0.25) is 11.4 Å². The van der Waals surface area contributed by atoms with E-state index in [0.29, 0.717) is 5.56 Å². The van der Waals surface area contributed by atoms with Crippen LogP contribution in [0.4, 0.5) is 11.4 Å². The zero-order chi connectivity index (χ0) is 15.3. The van der Waals surface area contributed by atoms with E-state index in [4.69, 9.17) is 0 Å². The number of aromatic nitrogens is 2. The van der Waals surface area contributed by atoms with Gasteiger partial charge in [-0.1, -0.05) is 18.2 Å². The number of amides is 1. The molecule has 1 atom stereocenters. The van der Waals surface area contributed by atoms with Gasteiger partial charge < -0.3 is 6.74 Å². The van der Waals surface area contributed by atoms with Crippen LogP contribution in [0.3, 0.4) is 0 Å². The SMILES string of the molecule is O=C1Nc2ccccc2C1c1ccc([N+](=O)[O-])c2nonc12.[H-].[Na+]. The molecule has 0 radical (unpaired) electrons. The molecule has 0 fully saturated rings. The van der Waals surface area contributed by atoms with Gasteiger partial charge in [-0.15, -0.1) is 0 Å². The number of para-hydroxylation sites is 1. The number of fused-ring (bicyclic) bond motifs is 2. The predicted octanol–water partition coefficient (Wildman–Crippen LogP) is -0.669. The summed E-state index contributed by atoms with van der Waals surface area (Å²) >= 11 is 0. The summed E-state index contributed by atoms with van der Waals surface area (Å²) in [6.07, 6.45) is 0. The molecule has 1 unspecified atom stereocenters. The van der Waals surface area contributed by atoms with Crippen molar-refractivity contribution in [2.45, 2.75) is 5.92 Å². The summed E-state index contributed by atoms with van der Waals surface area (Å²) in [4.78, 5) is 22.8. The van der Waals surface area contributed by atoms with Crippen molar-refractivity contribution in [3.8, 4) is 0 Å². The first-order valence-corrected chi connectivity index (χ1v) is 6.46. The molecule has 8 nitrogen and oxygen atoms in total. The molecule has 1 N–H and O–H groups in total. The molecule has 2 aromatic carbocycles. The second-order valence-corrected chi connectivity index (χ2v) is 4.90. The van der Waals surface area contributed by atoms with E-state index in [1.807, 2.05) is 18.2 Å². The third kappa shape index (κ3) is 2.31.